The summed E-state index contributed by atoms with van der Waals surface area (Å²) in [6.45, 7) is 7.06. The normalized spacial score (nSPS) is 26.7. The predicted molar refractivity (Wildman–Crippen MR) is 92.7 cm³/mol. The summed E-state index contributed by atoms with van der Waals surface area (Å²) in [5.41, 5.74) is 8.09. The van der Waals surface area contributed by atoms with E-state index >= 15 is 0 Å². The van der Waals surface area contributed by atoms with E-state index in [4.69, 9.17) is 10.5 Å². The van der Waals surface area contributed by atoms with Gasteiger partial charge in [0.2, 0.25) is 0 Å². The van der Waals surface area contributed by atoms with Crippen molar-refractivity contribution in [2.75, 3.05) is 7.11 Å². The molecule has 118 valence electrons. The van der Waals surface area contributed by atoms with Crippen molar-refractivity contribution >= 4 is 15.9 Å². The third-order valence-electron chi connectivity index (χ3n) is 5.00. The molecular formula is C18H28BrNO. The molecule has 0 amide bonds. The van der Waals surface area contributed by atoms with Crippen LogP contribution in [0.1, 0.15) is 45.6 Å². The lowest BCUT2D eigenvalue weighted by Gasteiger charge is -2.41. The summed E-state index contributed by atoms with van der Waals surface area (Å²) < 4.78 is 6.51. The first kappa shape index (κ1) is 16.8. The fourth-order valence-corrected chi connectivity index (χ4v) is 3.83. The maximum Gasteiger partial charge on any atom is 0.119 e. The van der Waals surface area contributed by atoms with Gasteiger partial charge in [0.25, 0.3) is 0 Å². The van der Waals surface area contributed by atoms with E-state index < -0.39 is 0 Å². The van der Waals surface area contributed by atoms with Crippen molar-refractivity contribution in [2.24, 2.45) is 23.0 Å². The number of methoxy groups -OCH3 is 1. The molecule has 0 bridgehead atoms. The molecule has 21 heavy (non-hydrogen) atoms. The number of nitrogens with two attached hydrogens (primary N) is 1. The van der Waals surface area contributed by atoms with Crippen LogP contribution in [-0.2, 0) is 6.42 Å². The van der Waals surface area contributed by atoms with E-state index in [1.807, 2.05) is 6.07 Å². The lowest BCUT2D eigenvalue weighted by atomic mass is 9.66. The first-order valence-corrected chi connectivity index (χ1v) is 8.68. The molecule has 2 N–H and O–H groups in total. The maximum absolute atomic E-state index is 6.41. The molecule has 0 spiro atoms. The molecule has 1 aliphatic carbocycles. The van der Waals surface area contributed by atoms with E-state index in [0.717, 1.165) is 29.0 Å². The van der Waals surface area contributed by atoms with Crippen LogP contribution in [-0.4, -0.2) is 13.2 Å². The summed E-state index contributed by atoms with van der Waals surface area (Å²) in [7, 11) is 1.72. The molecule has 2 nitrogen and oxygen atoms in total. The van der Waals surface area contributed by atoms with Gasteiger partial charge in [0.05, 0.1) is 7.11 Å². The zero-order valence-electron chi connectivity index (χ0n) is 13.7. The maximum atomic E-state index is 6.41. The Balaban J connectivity index is 2.13. The topological polar surface area (TPSA) is 35.2 Å². The second-order valence-corrected chi connectivity index (χ2v) is 8.32. The van der Waals surface area contributed by atoms with Gasteiger partial charge in [0, 0.05) is 10.5 Å². The fraction of sp³-hybridized carbons (Fsp3) is 0.667. The molecular weight excluding hydrogens is 326 g/mol. The molecule has 1 aromatic carbocycles. The van der Waals surface area contributed by atoms with Crippen LogP contribution in [0.25, 0.3) is 0 Å². The van der Waals surface area contributed by atoms with Gasteiger partial charge in [-0.1, -0.05) is 36.7 Å². The molecule has 0 aromatic heterocycles. The summed E-state index contributed by atoms with van der Waals surface area (Å²) in [5, 5.41) is 0. The molecule has 0 saturated heterocycles. The van der Waals surface area contributed by atoms with Crippen LogP contribution < -0.4 is 10.5 Å². The Morgan fingerprint density at radius 1 is 1.29 bits per heavy atom. The minimum absolute atomic E-state index is 0.321. The highest BCUT2D eigenvalue weighted by atomic mass is 79.9. The highest BCUT2D eigenvalue weighted by Crippen LogP contribution is 2.41. The zero-order valence-corrected chi connectivity index (χ0v) is 15.2. The number of halogens is 1. The van der Waals surface area contributed by atoms with Crippen molar-refractivity contribution in [1.82, 2.24) is 0 Å². The van der Waals surface area contributed by atoms with Crippen LogP contribution in [0.4, 0.5) is 0 Å². The largest absolute Gasteiger partial charge is 0.497 e. The molecule has 1 aromatic rings. The summed E-state index contributed by atoms with van der Waals surface area (Å²) >= 11 is 3.66. The minimum Gasteiger partial charge on any atom is -0.497 e. The Labute approximate surface area is 137 Å². The summed E-state index contributed by atoms with van der Waals surface area (Å²) in [4.78, 5) is 0. The average molecular weight is 354 g/mol. The highest BCUT2D eigenvalue weighted by molar-refractivity contribution is 9.10. The Morgan fingerprint density at radius 2 is 2.00 bits per heavy atom. The van der Waals surface area contributed by atoms with Gasteiger partial charge in [-0.05, 0) is 66.7 Å². The standard InChI is InChI=1S/C18H28BrNO/c1-18(2,3)14-5-8-17(20)13(10-14)9-12-11-15(21-4)6-7-16(12)19/h6-7,11,13-14,17H,5,8-10,20H2,1-4H3. The van der Waals surface area contributed by atoms with Gasteiger partial charge in [0.15, 0.2) is 0 Å². The van der Waals surface area contributed by atoms with Crippen LogP contribution in [0.15, 0.2) is 22.7 Å². The Kier molecular flexibility index (Phi) is 5.37. The van der Waals surface area contributed by atoms with Gasteiger partial charge in [-0.3, -0.25) is 0 Å². The Hall–Kier alpha value is -0.540. The molecule has 1 saturated carbocycles. The molecule has 3 heteroatoms. The second-order valence-electron chi connectivity index (χ2n) is 7.46. The molecule has 0 radical (unpaired) electrons. The molecule has 0 aliphatic heterocycles. The Morgan fingerprint density at radius 3 is 2.62 bits per heavy atom. The molecule has 1 fully saturated rings. The first-order valence-electron chi connectivity index (χ1n) is 7.89. The van der Waals surface area contributed by atoms with E-state index in [-0.39, 0.29) is 0 Å². The lowest BCUT2D eigenvalue weighted by molar-refractivity contribution is 0.126. The third kappa shape index (κ3) is 4.23. The lowest BCUT2D eigenvalue weighted by Crippen LogP contribution is -2.40. The van der Waals surface area contributed by atoms with Gasteiger partial charge in [-0.25, -0.2) is 0 Å². The van der Waals surface area contributed by atoms with Crippen LogP contribution in [0, 0.1) is 17.3 Å². The number of hydrogen-bond donors (Lipinski definition) is 1. The molecule has 3 unspecified atom stereocenters. The van der Waals surface area contributed by atoms with Gasteiger partial charge in [-0.15, -0.1) is 0 Å². The average Bonchev–Trinajstić information content (AvgIpc) is 2.42. The van der Waals surface area contributed by atoms with E-state index in [9.17, 15) is 0 Å². The summed E-state index contributed by atoms with van der Waals surface area (Å²) in [5.74, 6) is 2.25. The Bertz CT molecular complexity index is 481. The van der Waals surface area contributed by atoms with Crippen LogP contribution in [0.5, 0.6) is 5.75 Å². The van der Waals surface area contributed by atoms with Crippen LogP contribution in [0.2, 0.25) is 0 Å². The number of benzene rings is 1. The predicted octanol–water partition coefficient (Wildman–Crippen LogP) is 4.79. The van der Waals surface area contributed by atoms with Gasteiger partial charge < -0.3 is 10.5 Å². The van der Waals surface area contributed by atoms with Crippen molar-refractivity contribution in [1.29, 1.82) is 0 Å². The van der Waals surface area contributed by atoms with Crippen LogP contribution >= 0.6 is 15.9 Å². The zero-order chi connectivity index (χ0) is 15.6. The monoisotopic (exact) mass is 353 g/mol. The SMILES string of the molecule is COc1ccc(Br)c(CC2CC(C(C)(C)C)CCC2N)c1. The second kappa shape index (κ2) is 6.70. The first-order chi connectivity index (χ1) is 9.81. The van der Waals surface area contributed by atoms with E-state index in [0.29, 0.717) is 17.4 Å². The van der Waals surface area contributed by atoms with Crippen molar-refractivity contribution in [3.63, 3.8) is 0 Å². The number of ether oxygens (including phenoxy) is 1. The van der Waals surface area contributed by atoms with Gasteiger partial charge in [0.1, 0.15) is 5.75 Å². The molecule has 3 atom stereocenters. The van der Waals surface area contributed by atoms with E-state index in [2.05, 4.69) is 48.8 Å². The van der Waals surface area contributed by atoms with E-state index in [1.165, 1.54) is 18.4 Å². The quantitative estimate of drug-likeness (QED) is 0.847. The van der Waals surface area contributed by atoms with Crippen LogP contribution in [0.3, 0.4) is 0 Å². The van der Waals surface area contributed by atoms with Crippen molar-refractivity contribution in [3.8, 4) is 5.75 Å². The molecule has 2 rings (SSSR count). The van der Waals surface area contributed by atoms with Gasteiger partial charge >= 0.3 is 0 Å². The van der Waals surface area contributed by atoms with Crippen molar-refractivity contribution < 1.29 is 4.74 Å². The third-order valence-corrected chi connectivity index (χ3v) is 5.77. The van der Waals surface area contributed by atoms with E-state index in [1.54, 1.807) is 7.11 Å². The number of rotatable bonds is 3. The molecule has 0 heterocycles. The summed E-state index contributed by atoms with van der Waals surface area (Å²) in [6, 6.07) is 6.52. The summed E-state index contributed by atoms with van der Waals surface area (Å²) in [6.07, 6.45) is 4.68. The molecule has 1 aliphatic rings. The minimum atomic E-state index is 0.321. The number of hydrogen-bond acceptors (Lipinski definition) is 2. The fourth-order valence-electron chi connectivity index (χ4n) is 3.43. The van der Waals surface area contributed by atoms with Crippen molar-refractivity contribution in [3.05, 3.63) is 28.2 Å². The highest BCUT2D eigenvalue weighted by Gasteiger charge is 2.34. The van der Waals surface area contributed by atoms with Gasteiger partial charge in [-0.2, -0.15) is 0 Å². The van der Waals surface area contributed by atoms with Crippen molar-refractivity contribution in [2.45, 2.75) is 52.5 Å². The smallest absolute Gasteiger partial charge is 0.119 e.